The van der Waals surface area contributed by atoms with Crippen LogP contribution in [0.3, 0.4) is 0 Å². The molecule has 7 heteroatoms. The number of carbonyl (C=O) groups is 1. The second-order valence-electron chi connectivity index (χ2n) is 4.92. The smallest absolute Gasteiger partial charge is 0.276 e. The highest BCUT2D eigenvalue weighted by atomic mass is 79.9. The third-order valence-corrected chi connectivity index (χ3v) is 4.58. The van der Waals surface area contributed by atoms with Crippen molar-refractivity contribution in [3.8, 4) is 11.5 Å². The van der Waals surface area contributed by atoms with Crippen molar-refractivity contribution in [2.45, 2.75) is 13.8 Å². The molecule has 0 unspecified atom stereocenters. The van der Waals surface area contributed by atoms with Crippen molar-refractivity contribution in [1.29, 1.82) is 0 Å². The van der Waals surface area contributed by atoms with E-state index in [2.05, 4.69) is 15.9 Å². The van der Waals surface area contributed by atoms with Gasteiger partial charge in [-0.2, -0.15) is 0 Å². The molecule has 0 aromatic heterocycles. The highest BCUT2D eigenvalue weighted by Gasteiger charge is 2.33. The number of thiocarbonyl (C=S) groups is 1. The summed E-state index contributed by atoms with van der Waals surface area (Å²) >= 11 is 8.72. The summed E-state index contributed by atoms with van der Waals surface area (Å²) in [5.74, 6) is 1.23. The summed E-state index contributed by atoms with van der Waals surface area (Å²) in [5.41, 5.74) is 1.30. The molecule has 1 fully saturated rings. The van der Waals surface area contributed by atoms with Crippen molar-refractivity contribution in [3.63, 3.8) is 0 Å². The van der Waals surface area contributed by atoms with Gasteiger partial charge >= 0.3 is 0 Å². The molecular weight excluding hydrogens is 380 g/mol. The topological polar surface area (TPSA) is 42.0 Å². The Hall–Kier alpha value is -1.60. The van der Waals surface area contributed by atoms with Gasteiger partial charge in [-0.1, -0.05) is 0 Å². The minimum atomic E-state index is -0.134. The Kier molecular flexibility index (Phi) is 5.64. The quantitative estimate of drug-likeness (QED) is 0.562. The number of likely N-dealkylation sites (N-methyl/N-ethyl adjacent to an activating group) is 2. The molecule has 23 heavy (non-hydrogen) atoms. The molecule has 0 aliphatic carbocycles. The van der Waals surface area contributed by atoms with E-state index in [0.717, 1.165) is 10.0 Å². The molecule has 0 atom stereocenters. The molecule has 0 N–H and O–H groups in total. The molecule has 1 aromatic rings. The first kappa shape index (κ1) is 17.7. The average Bonchev–Trinajstić information content (AvgIpc) is 2.70. The second kappa shape index (κ2) is 7.31. The van der Waals surface area contributed by atoms with Crippen LogP contribution in [-0.2, 0) is 4.79 Å². The fourth-order valence-electron chi connectivity index (χ4n) is 2.25. The van der Waals surface area contributed by atoms with Crippen molar-refractivity contribution in [2.75, 3.05) is 27.3 Å². The van der Waals surface area contributed by atoms with Gasteiger partial charge in [0.15, 0.2) is 5.11 Å². The summed E-state index contributed by atoms with van der Waals surface area (Å²) < 4.78 is 12.1. The predicted octanol–water partition coefficient (Wildman–Crippen LogP) is 3.28. The molecule has 5 nitrogen and oxygen atoms in total. The minimum Gasteiger partial charge on any atom is -0.493 e. The fourth-order valence-corrected chi connectivity index (χ4v) is 2.90. The highest BCUT2D eigenvalue weighted by Crippen LogP contribution is 2.35. The van der Waals surface area contributed by atoms with Crippen LogP contribution >= 0.6 is 28.1 Å². The standard InChI is InChI=1S/C16H19BrN2O3S/c1-5-21-13-9-14(22-6-2)11(17)7-10(13)8-12-15(20)19(4)16(23)18(12)3/h7-9H,5-6H2,1-4H3/b12-8-. The van der Waals surface area contributed by atoms with Crippen LogP contribution in [0, 0.1) is 0 Å². The van der Waals surface area contributed by atoms with Gasteiger partial charge in [-0.15, -0.1) is 0 Å². The molecule has 1 aliphatic heterocycles. The van der Waals surface area contributed by atoms with Crippen molar-refractivity contribution < 1.29 is 14.3 Å². The Bertz CT molecular complexity index is 676. The summed E-state index contributed by atoms with van der Waals surface area (Å²) in [7, 11) is 3.44. The zero-order valence-corrected chi connectivity index (χ0v) is 16.0. The maximum atomic E-state index is 12.3. The maximum absolute atomic E-state index is 12.3. The molecule has 0 spiro atoms. The zero-order valence-electron chi connectivity index (χ0n) is 13.6. The van der Waals surface area contributed by atoms with E-state index < -0.39 is 0 Å². The molecule has 0 bridgehead atoms. The van der Waals surface area contributed by atoms with E-state index in [1.807, 2.05) is 26.0 Å². The van der Waals surface area contributed by atoms with E-state index in [4.69, 9.17) is 21.7 Å². The van der Waals surface area contributed by atoms with Crippen molar-refractivity contribution in [3.05, 3.63) is 27.9 Å². The Balaban J connectivity index is 2.50. The van der Waals surface area contributed by atoms with E-state index in [9.17, 15) is 4.79 Å². The predicted molar refractivity (Wildman–Crippen MR) is 97.6 cm³/mol. The Morgan fingerprint density at radius 2 is 1.74 bits per heavy atom. The van der Waals surface area contributed by atoms with Crippen LogP contribution in [0.5, 0.6) is 11.5 Å². The van der Waals surface area contributed by atoms with Crippen LogP contribution in [0.1, 0.15) is 19.4 Å². The Morgan fingerprint density at radius 3 is 2.26 bits per heavy atom. The SMILES string of the molecule is CCOc1cc(OCC)c(/C=C2/C(=O)N(C)C(=S)N2C)cc1Br. The van der Waals surface area contributed by atoms with Gasteiger partial charge in [-0.3, -0.25) is 9.69 Å². The normalized spacial score (nSPS) is 16.5. The molecular formula is C16H19BrN2O3S. The summed E-state index contributed by atoms with van der Waals surface area (Å²) in [6, 6.07) is 3.70. The lowest BCUT2D eigenvalue weighted by molar-refractivity contribution is -0.121. The van der Waals surface area contributed by atoms with Gasteiger partial charge in [-0.05, 0) is 54.1 Å². The van der Waals surface area contributed by atoms with Gasteiger partial charge in [0.2, 0.25) is 0 Å². The maximum Gasteiger partial charge on any atom is 0.276 e. The lowest BCUT2D eigenvalue weighted by Crippen LogP contribution is -2.26. The monoisotopic (exact) mass is 398 g/mol. The Labute approximate surface area is 150 Å². The van der Waals surface area contributed by atoms with Gasteiger partial charge in [0.25, 0.3) is 5.91 Å². The van der Waals surface area contributed by atoms with Gasteiger partial charge in [0.05, 0.1) is 17.7 Å². The molecule has 0 saturated carbocycles. The van der Waals surface area contributed by atoms with Crippen molar-refractivity contribution in [1.82, 2.24) is 9.80 Å². The first-order chi connectivity index (χ1) is 10.9. The molecule has 2 rings (SSSR count). The summed E-state index contributed by atoms with van der Waals surface area (Å²) in [6.45, 7) is 4.91. The number of ether oxygens (including phenoxy) is 2. The molecule has 1 amide bonds. The van der Waals surface area contributed by atoms with E-state index >= 15 is 0 Å². The molecule has 1 aliphatic rings. The van der Waals surface area contributed by atoms with E-state index in [-0.39, 0.29) is 5.91 Å². The van der Waals surface area contributed by atoms with Crippen molar-refractivity contribution in [2.24, 2.45) is 0 Å². The number of benzene rings is 1. The van der Waals surface area contributed by atoms with Gasteiger partial charge in [0.1, 0.15) is 17.2 Å². The number of rotatable bonds is 5. The van der Waals surface area contributed by atoms with Crippen LogP contribution in [0.15, 0.2) is 22.3 Å². The van der Waals surface area contributed by atoms with Gasteiger partial charge in [0, 0.05) is 25.7 Å². The number of carbonyl (C=O) groups excluding carboxylic acids is 1. The number of amides is 1. The fraction of sp³-hybridized carbons (Fsp3) is 0.375. The molecule has 1 saturated heterocycles. The third-order valence-electron chi connectivity index (χ3n) is 3.42. The minimum absolute atomic E-state index is 0.134. The molecule has 1 aromatic carbocycles. The third kappa shape index (κ3) is 3.50. The van der Waals surface area contributed by atoms with Crippen LogP contribution in [0.2, 0.25) is 0 Å². The second-order valence-corrected chi connectivity index (χ2v) is 6.14. The van der Waals surface area contributed by atoms with Crippen LogP contribution < -0.4 is 9.47 Å². The van der Waals surface area contributed by atoms with E-state index in [1.54, 1.807) is 25.1 Å². The average molecular weight is 399 g/mol. The zero-order chi connectivity index (χ0) is 17.1. The first-order valence-corrected chi connectivity index (χ1v) is 8.47. The largest absolute Gasteiger partial charge is 0.493 e. The lowest BCUT2D eigenvalue weighted by Gasteiger charge is -2.14. The van der Waals surface area contributed by atoms with Gasteiger partial charge < -0.3 is 14.4 Å². The summed E-state index contributed by atoms with van der Waals surface area (Å²) in [4.78, 5) is 15.4. The highest BCUT2D eigenvalue weighted by molar-refractivity contribution is 9.10. The van der Waals surface area contributed by atoms with Crippen molar-refractivity contribution >= 4 is 45.2 Å². The van der Waals surface area contributed by atoms with Crippen LogP contribution in [0.4, 0.5) is 0 Å². The number of hydrogen-bond acceptors (Lipinski definition) is 4. The first-order valence-electron chi connectivity index (χ1n) is 7.27. The number of halogens is 1. The molecule has 0 radical (unpaired) electrons. The molecule has 124 valence electrons. The summed E-state index contributed by atoms with van der Waals surface area (Å²) in [5, 5.41) is 0.476. The van der Waals surface area contributed by atoms with Crippen LogP contribution in [-0.4, -0.2) is 48.1 Å². The number of nitrogens with zero attached hydrogens (tertiary/aromatic N) is 2. The van der Waals surface area contributed by atoms with E-state index in [0.29, 0.717) is 35.5 Å². The van der Waals surface area contributed by atoms with Crippen LogP contribution in [0.25, 0.3) is 6.08 Å². The van der Waals surface area contributed by atoms with E-state index in [1.165, 1.54) is 4.90 Å². The molecule has 1 heterocycles. The lowest BCUT2D eigenvalue weighted by atomic mass is 10.1. The summed E-state index contributed by atoms with van der Waals surface area (Å²) in [6.07, 6.45) is 1.78. The number of hydrogen-bond donors (Lipinski definition) is 0. The van der Waals surface area contributed by atoms with Gasteiger partial charge in [-0.25, -0.2) is 0 Å². The Morgan fingerprint density at radius 1 is 1.13 bits per heavy atom.